The van der Waals surface area contributed by atoms with Gasteiger partial charge in [-0.15, -0.1) is 6.58 Å². The molecule has 1 heterocycles. The van der Waals surface area contributed by atoms with Crippen molar-refractivity contribution in [3.8, 4) is 0 Å². The van der Waals surface area contributed by atoms with Crippen LogP contribution in [0.3, 0.4) is 0 Å². The highest BCUT2D eigenvalue weighted by molar-refractivity contribution is 5.93. The van der Waals surface area contributed by atoms with Gasteiger partial charge in [-0.1, -0.05) is 23.8 Å². The van der Waals surface area contributed by atoms with Crippen molar-refractivity contribution in [2.24, 2.45) is 0 Å². The number of carbonyl (C=O) groups is 1. The van der Waals surface area contributed by atoms with Gasteiger partial charge in [0.15, 0.2) is 0 Å². The fourth-order valence-corrected chi connectivity index (χ4v) is 2.00. The number of nitrogens with zero attached hydrogens (tertiary/aromatic N) is 1. The van der Waals surface area contributed by atoms with Gasteiger partial charge in [0.05, 0.1) is 0 Å². The molecule has 0 saturated heterocycles. The van der Waals surface area contributed by atoms with Gasteiger partial charge in [-0.2, -0.15) is 0 Å². The molecule has 0 spiro atoms. The van der Waals surface area contributed by atoms with Crippen molar-refractivity contribution in [3.05, 3.63) is 66.0 Å². The largest absolute Gasteiger partial charge is 0.355 e. The second kappa shape index (κ2) is 6.70. The van der Waals surface area contributed by atoms with Gasteiger partial charge in [-0.3, -0.25) is 9.78 Å². The van der Waals surface area contributed by atoms with Crippen LogP contribution in [0.25, 0.3) is 0 Å². The number of nitrogens with one attached hydrogen (secondary N) is 2. The van der Waals surface area contributed by atoms with E-state index in [2.05, 4.69) is 35.2 Å². The average molecular weight is 281 g/mol. The molecule has 0 fully saturated rings. The third-order valence-electron chi connectivity index (χ3n) is 3.06. The zero-order valence-electron chi connectivity index (χ0n) is 12.3. The molecular weight excluding hydrogens is 262 g/mol. The molecule has 1 aromatic heterocycles. The van der Waals surface area contributed by atoms with E-state index in [0.29, 0.717) is 12.2 Å². The second-order valence-corrected chi connectivity index (χ2v) is 4.87. The minimum Gasteiger partial charge on any atom is -0.355 e. The molecule has 21 heavy (non-hydrogen) atoms. The van der Waals surface area contributed by atoms with Crippen LogP contribution in [0.1, 0.15) is 21.6 Å². The Hall–Kier alpha value is -2.62. The molecule has 1 amide bonds. The maximum atomic E-state index is 11.9. The lowest BCUT2D eigenvalue weighted by Crippen LogP contribution is -2.24. The van der Waals surface area contributed by atoms with Crippen LogP contribution < -0.4 is 10.6 Å². The summed E-state index contributed by atoms with van der Waals surface area (Å²) >= 11 is 0. The number of rotatable bonds is 5. The number of benzene rings is 1. The zero-order chi connectivity index (χ0) is 15.2. The summed E-state index contributed by atoms with van der Waals surface area (Å²) in [6, 6.07) is 9.76. The quantitative estimate of drug-likeness (QED) is 0.826. The zero-order valence-corrected chi connectivity index (χ0v) is 12.3. The lowest BCUT2D eigenvalue weighted by molar-refractivity contribution is 0.0953. The summed E-state index contributed by atoms with van der Waals surface area (Å²) in [5.41, 5.74) is 4.61. The van der Waals surface area contributed by atoms with Crippen molar-refractivity contribution in [3.63, 3.8) is 0 Å². The average Bonchev–Trinajstić information content (AvgIpc) is 2.48. The van der Waals surface area contributed by atoms with Gasteiger partial charge in [0.1, 0.15) is 5.69 Å². The van der Waals surface area contributed by atoms with Crippen LogP contribution in [0.4, 0.5) is 11.4 Å². The Labute approximate surface area is 124 Å². The number of aromatic nitrogens is 1. The first-order valence-electron chi connectivity index (χ1n) is 6.79. The van der Waals surface area contributed by atoms with E-state index in [1.165, 1.54) is 5.56 Å². The molecule has 0 radical (unpaired) electrons. The van der Waals surface area contributed by atoms with E-state index in [1.807, 2.05) is 25.1 Å². The third kappa shape index (κ3) is 3.92. The van der Waals surface area contributed by atoms with Crippen molar-refractivity contribution in [2.75, 3.05) is 11.9 Å². The number of hydrogen-bond acceptors (Lipinski definition) is 3. The number of hydrogen-bond donors (Lipinski definition) is 2. The molecule has 0 aliphatic carbocycles. The monoisotopic (exact) mass is 281 g/mol. The third-order valence-corrected chi connectivity index (χ3v) is 3.06. The van der Waals surface area contributed by atoms with E-state index in [0.717, 1.165) is 16.9 Å². The smallest absolute Gasteiger partial charge is 0.270 e. The normalized spacial score (nSPS) is 10.0. The van der Waals surface area contributed by atoms with E-state index in [1.54, 1.807) is 18.3 Å². The Kier molecular flexibility index (Phi) is 4.72. The van der Waals surface area contributed by atoms with Crippen LogP contribution in [0.15, 0.2) is 49.2 Å². The van der Waals surface area contributed by atoms with Crippen molar-refractivity contribution in [2.45, 2.75) is 13.8 Å². The van der Waals surface area contributed by atoms with Gasteiger partial charge in [-0.25, -0.2) is 0 Å². The van der Waals surface area contributed by atoms with Crippen molar-refractivity contribution < 1.29 is 4.79 Å². The minimum absolute atomic E-state index is 0.209. The predicted octanol–water partition coefficient (Wildman–Crippen LogP) is 3.36. The molecule has 0 aliphatic heterocycles. The summed E-state index contributed by atoms with van der Waals surface area (Å²) in [4.78, 5) is 16.0. The van der Waals surface area contributed by atoms with Crippen molar-refractivity contribution in [1.82, 2.24) is 10.3 Å². The lowest BCUT2D eigenvalue weighted by atomic mass is 10.1. The van der Waals surface area contributed by atoms with Gasteiger partial charge < -0.3 is 10.6 Å². The number of amides is 1. The number of anilines is 2. The van der Waals surface area contributed by atoms with E-state index in [9.17, 15) is 4.79 Å². The maximum Gasteiger partial charge on any atom is 0.270 e. The van der Waals surface area contributed by atoms with E-state index in [-0.39, 0.29) is 5.91 Å². The van der Waals surface area contributed by atoms with Crippen molar-refractivity contribution in [1.29, 1.82) is 0 Å². The molecule has 4 nitrogen and oxygen atoms in total. The molecule has 0 saturated carbocycles. The van der Waals surface area contributed by atoms with Gasteiger partial charge >= 0.3 is 0 Å². The molecular formula is C17H19N3O. The van der Waals surface area contributed by atoms with Crippen LogP contribution in [-0.4, -0.2) is 17.4 Å². The highest BCUT2D eigenvalue weighted by atomic mass is 16.1. The summed E-state index contributed by atoms with van der Waals surface area (Å²) in [7, 11) is 0. The number of carbonyl (C=O) groups excluding carboxylic acids is 1. The van der Waals surface area contributed by atoms with Gasteiger partial charge in [-0.05, 0) is 37.6 Å². The Morgan fingerprint density at radius 3 is 2.81 bits per heavy atom. The summed E-state index contributed by atoms with van der Waals surface area (Å²) in [6.07, 6.45) is 3.25. The Bertz CT molecular complexity index is 665. The maximum absolute atomic E-state index is 11.9. The lowest BCUT2D eigenvalue weighted by Gasteiger charge is -2.11. The van der Waals surface area contributed by atoms with Crippen molar-refractivity contribution >= 4 is 17.3 Å². The topological polar surface area (TPSA) is 54.0 Å². The fraction of sp³-hybridized carbons (Fsp3) is 0.176. The first-order chi connectivity index (χ1) is 10.1. The Morgan fingerprint density at radius 1 is 1.29 bits per heavy atom. The standard InChI is InChI=1S/C17H19N3O/c1-4-8-19-17(21)16-11-14(7-9-18-16)20-15-6-5-12(2)10-13(15)3/h4-7,9-11H,1,8H2,2-3H3,(H,18,20)(H,19,21). The molecule has 2 rings (SSSR count). The number of pyridine rings is 1. The molecule has 2 N–H and O–H groups in total. The Balaban J connectivity index is 2.17. The molecule has 0 unspecified atom stereocenters. The molecule has 0 aliphatic rings. The molecule has 4 heteroatoms. The summed E-state index contributed by atoms with van der Waals surface area (Å²) in [6.45, 7) is 8.11. The minimum atomic E-state index is -0.209. The van der Waals surface area contributed by atoms with E-state index < -0.39 is 0 Å². The van der Waals surface area contributed by atoms with Gasteiger partial charge in [0.25, 0.3) is 5.91 Å². The highest BCUT2D eigenvalue weighted by Crippen LogP contribution is 2.21. The van der Waals surface area contributed by atoms with Crippen LogP contribution in [0, 0.1) is 13.8 Å². The van der Waals surface area contributed by atoms with Gasteiger partial charge in [0.2, 0.25) is 0 Å². The van der Waals surface area contributed by atoms with Crippen LogP contribution in [0.2, 0.25) is 0 Å². The molecule has 1 aromatic carbocycles. The summed E-state index contributed by atoms with van der Waals surface area (Å²) in [5, 5.41) is 6.02. The van der Waals surface area contributed by atoms with Crippen LogP contribution in [0.5, 0.6) is 0 Å². The molecule has 0 atom stereocenters. The fourth-order valence-electron chi connectivity index (χ4n) is 2.00. The second-order valence-electron chi connectivity index (χ2n) is 4.87. The number of aryl methyl sites for hydroxylation is 2. The molecule has 0 bridgehead atoms. The van der Waals surface area contributed by atoms with Gasteiger partial charge in [0, 0.05) is 24.1 Å². The molecule has 2 aromatic rings. The Morgan fingerprint density at radius 2 is 2.10 bits per heavy atom. The van der Waals surface area contributed by atoms with E-state index >= 15 is 0 Å². The highest BCUT2D eigenvalue weighted by Gasteiger charge is 2.07. The first-order valence-corrected chi connectivity index (χ1v) is 6.79. The first kappa shape index (κ1) is 14.8. The summed E-state index contributed by atoms with van der Waals surface area (Å²) in [5.74, 6) is -0.209. The van der Waals surface area contributed by atoms with Crippen LogP contribution >= 0.6 is 0 Å². The predicted molar refractivity (Wildman–Crippen MR) is 86.0 cm³/mol. The van der Waals surface area contributed by atoms with Crippen LogP contribution in [-0.2, 0) is 0 Å². The summed E-state index contributed by atoms with van der Waals surface area (Å²) < 4.78 is 0. The van der Waals surface area contributed by atoms with E-state index in [4.69, 9.17) is 0 Å². The SMILES string of the molecule is C=CCNC(=O)c1cc(Nc2ccc(C)cc2C)ccn1. The molecule has 108 valence electrons.